The zero-order valence-electron chi connectivity index (χ0n) is 21.3. The molecule has 5 rings (SSSR count). The van der Waals surface area contributed by atoms with Crippen molar-refractivity contribution in [3.63, 3.8) is 0 Å². The molecule has 0 bridgehead atoms. The molecule has 0 atom stereocenters. The number of carbonyl (C=O) groups is 1. The van der Waals surface area contributed by atoms with Crippen LogP contribution in [0.3, 0.4) is 0 Å². The molecule has 0 spiro atoms. The molecule has 1 heterocycles. The first-order chi connectivity index (χ1) is 18.3. The minimum absolute atomic E-state index is 0.103. The molecule has 1 saturated heterocycles. The van der Waals surface area contributed by atoms with Crippen molar-refractivity contribution in [2.75, 3.05) is 85.7 Å². The van der Waals surface area contributed by atoms with E-state index in [-0.39, 0.29) is 5.78 Å². The molecule has 4 aromatic rings. The zero-order valence-corrected chi connectivity index (χ0v) is 21.3. The normalized spacial score (nSPS) is 18.7. The summed E-state index contributed by atoms with van der Waals surface area (Å²) in [5.41, 5.74) is 0.760. The number of hydrogen-bond donors (Lipinski definition) is 0. The van der Waals surface area contributed by atoms with Gasteiger partial charge in [0.15, 0.2) is 5.78 Å². The van der Waals surface area contributed by atoms with Gasteiger partial charge in [-0.05, 0) is 32.3 Å². The van der Waals surface area contributed by atoms with Crippen LogP contribution < -0.4 is 0 Å². The Balaban J connectivity index is 1.29. The van der Waals surface area contributed by atoms with Crippen LogP contribution in [0.1, 0.15) is 10.4 Å². The Morgan fingerprint density at radius 2 is 1.03 bits per heavy atom. The van der Waals surface area contributed by atoms with Gasteiger partial charge in [-0.3, -0.25) is 9.69 Å². The van der Waals surface area contributed by atoms with Crippen molar-refractivity contribution >= 4 is 38.1 Å². The third-order valence-electron chi connectivity index (χ3n) is 6.79. The number of ether oxygens (including phenoxy) is 5. The molecule has 0 aromatic heterocycles. The first kappa shape index (κ1) is 26.0. The largest absolute Gasteiger partial charge is 0.378 e. The highest BCUT2D eigenvalue weighted by Gasteiger charge is 2.18. The van der Waals surface area contributed by atoms with Crippen LogP contribution in [0.25, 0.3) is 32.3 Å². The van der Waals surface area contributed by atoms with E-state index in [1.165, 1.54) is 21.5 Å². The molecular formula is C30H35NO6. The monoisotopic (exact) mass is 505 g/mol. The predicted molar refractivity (Wildman–Crippen MR) is 145 cm³/mol. The molecule has 0 amide bonds. The Labute approximate surface area is 217 Å². The van der Waals surface area contributed by atoms with Crippen molar-refractivity contribution in [3.05, 3.63) is 60.2 Å². The molecule has 0 unspecified atom stereocenters. The first-order valence-corrected chi connectivity index (χ1v) is 13.1. The van der Waals surface area contributed by atoms with Crippen molar-refractivity contribution in [2.45, 2.75) is 0 Å². The van der Waals surface area contributed by atoms with Gasteiger partial charge in [0.05, 0.1) is 72.6 Å². The lowest BCUT2D eigenvalue weighted by Gasteiger charge is -2.22. The number of hydrogen-bond acceptors (Lipinski definition) is 7. The van der Waals surface area contributed by atoms with Crippen LogP contribution in [0.15, 0.2) is 54.6 Å². The summed E-state index contributed by atoms with van der Waals surface area (Å²) in [5.74, 6) is 0.103. The Hall–Kier alpha value is -2.65. The second-order valence-corrected chi connectivity index (χ2v) is 9.23. The maximum Gasteiger partial charge on any atom is 0.177 e. The SMILES string of the molecule is O=C(CN1CCOCCOCCOCCOCCOCC1)c1ccc2ccc3cccc4ccc1c2c34. The number of nitrogens with zero attached hydrogens (tertiary/aromatic N) is 1. The van der Waals surface area contributed by atoms with Gasteiger partial charge in [-0.1, -0.05) is 54.6 Å². The van der Waals surface area contributed by atoms with E-state index in [1.807, 2.05) is 6.07 Å². The standard InChI is InChI=1S/C30H35NO6/c32-28(22-31-10-12-33-14-16-35-18-20-37-21-19-36-17-15-34-13-11-31)26-8-6-25-5-4-23-2-1-3-24-7-9-27(26)30(25)29(23)24/h1-9H,10-22H2. The van der Waals surface area contributed by atoms with Gasteiger partial charge in [-0.15, -0.1) is 0 Å². The molecule has 0 aliphatic carbocycles. The van der Waals surface area contributed by atoms with Gasteiger partial charge in [-0.25, -0.2) is 0 Å². The molecule has 0 saturated carbocycles. The number of Topliss-reactive ketones (excluding diaryl/α,β-unsaturated/α-hetero) is 1. The fraction of sp³-hybridized carbons (Fsp3) is 0.433. The van der Waals surface area contributed by atoms with Crippen LogP contribution in [-0.2, 0) is 23.7 Å². The summed E-state index contributed by atoms with van der Waals surface area (Å²) in [6.07, 6.45) is 0. The Morgan fingerprint density at radius 1 is 0.568 bits per heavy atom. The van der Waals surface area contributed by atoms with Crippen LogP contribution in [0, 0.1) is 0 Å². The van der Waals surface area contributed by atoms with Crippen LogP contribution in [0.4, 0.5) is 0 Å². The summed E-state index contributed by atoms with van der Waals surface area (Å²) in [5, 5.41) is 6.95. The van der Waals surface area contributed by atoms with E-state index in [0.717, 1.165) is 16.3 Å². The lowest BCUT2D eigenvalue weighted by atomic mass is 9.91. The maximum atomic E-state index is 13.6. The van der Waals surface area contributed by atoms with Crippen molar-refractivity contribution in [3.8, 4) is 0 Å². The summed E-state index contributed by atoms with van der Waals surface area (Å²) in [6.45, 7) is 6.84. The van der Waals surface area contributed by atoms with E-state index in [4.69, 9.17) is 23.7 Å². The number of rotatable bonds is 3. The highest BCUT2D eigenvalue weighted by atomic mass is 16.6. The van der Waals surface area contributed by atoms with Gasteiger partial charge < -0.3 is 23.7 Å². The van der Waals surface area contributed by atoms with E-state index in [1.54, 1.807) is 0 Å². The molecule has 196 valence electrons. The molecule has 0 N–H and O–H groups in total. The number of carbonyl (C=O) groups excluding carboxylic acids is 1. The van der Waals surface area contributed by atoms with Crippen molar-refractivity contribution < 1.29 is 28.5 Å². The van der Waals surface area contributed by atoms with E-state index in [9.17, 15) is 4.79 Å². The Bertz CT molecular complexity index is 1260. The summed E-state index contributed by atoms with van der Waals surface area (Å²) >= 11 is 0. The van der Waals surface area contributed by atoms with E-state index >= 15 is 0 Å². The fourth-order valence-electron chi connectivity index (χ4n) is 4.91. The van der Waals surface area contributed by atoms with Gasteiger partial charge in [0.2, 0.25) is 0 Å². The lowest BCUT2D eigenvalue weighted by molar-refractivity contribution is -0.0181. The molecular weight excluding hydrogens is 470 g/mol. The number of ketones is 1. The summed E-state index contributed by atoms with van der Waals surface area (Å²) in [7, 11) is 0. The van der Waals surface area contributed by atoms with Crippen LogP contribution in [0.5, 0.6) is 0 Å². The molecule has 7 heteroatoms. The van der Waals surface area contributed by atoms with Gasteiger partial charge in [0, 0.05) is 18.7 Å². The molecule has 4 aromatic carbocycles. The Kier molecular flexibility index (Phi) is 9.29. The summed E-state index contributed by atoms with van der Waals surface area (Å²) < 4.78 is 28.1. The van der Waals surface area contributed by atoms with E-state index < -0.39 is 0 Å². The van der Waals surface area contributed by atoms with E-state index in [2.05, 4.69) is 53.4 Å². The summed E-state index contributed by atoms with van der Waals surface area (Å²) in [6, 6.07) is 18.9. The Morgan fingerprint density at radius 3 is 1.59 bits per heavy atom. The van der Waals surface area contributed by atoms with Gasteiger partial charge in [0.25, 0.3) is 0 Å². The quantitative estimate of drug-likeness (QED) is 0.306. The average Bonchev–Trinajstić information content (AvgIpc) is 2.92. The minimum atomic E-state index is 0.103. The molecule has 1 fully saturated rings. The van der Waals surface area contributed by atoms with Crippen molar-refractivity contribution in [2.24, 2.45) is 0 Å². The predicted octanol–water partition coefficient (Wildman–Crippen LogP) is 4.17. The van der Waals surface area contributed by atoms with Crippen LogP contribution in [0.2, 0.25) is 0 Å². The third kappa shape index (κ3) is 6.62. The summed E-state index contributed by atoms with van der Waals surface area (Å²) in [4.78, 5) is 15.7. The highest BCUT2D eigenvalue weighted by molar-refractivity contribution is 6.26. The van der Waals surface area contributed by atoms with Gasteiger partial charge in [0.1, 0.15) is 0 Å². The zero-order chi connectivity index (χ0) is 25.3. The molecule has 1 aliphatic heterocycles. The van der Waals surface area contributed by atoms with Crippen molar-refractivity contribution in [1.29, 1.82) is 0 Å². The molecule has 0 radical (unpaired) electrons. The molecule has 37 heavy (non-hydrogen) atoms. The van der Waals surface area contributed by atoms with Crippen LogP contribution in [-0.4, -0.2) is 96.4 Å². The topological polar surface area (TPSA) is 66.5 Å². The second kappa shape index (κ2) is 13.2. The molecule has 1 aliphatic rings. The lowest BCUT2D eigenvalue weighted by Crippen LogP contribution is -2.36. The van der Waals surface area contributed by atoms with Gasteiger partial charge in [-0.2, -0.15) is 0 Å². The third-order valence-corrected chi connectivity index (χ3v) is 6.79. The number of benzene rings is 4. The average molecular weight is 506 g/mol. The second-order valence-electron chi connectivity index (χ2n) is 9.23. The molecule has 7 nitrogen and oxygen atoms in total. The van der Waals surface area contributed by atoms with E-state index in [0.29, 0.717) is 85.7 Å². The first-order valence-electron chi connectivity index (χ1n) is 13.1. The van der Waals surface area contributed by atoms with Crippen molar-refractivity contribution in [1.82, 2.24) is 4.90 Å². The highest BCUT2D eigenvalue weighted by Crippen LogP contribution is 2.36. The maximum absolute atomic E-state index is 13.6. The smallest absolute Gasteiger partial charge is 0.177 e. The van der Waals surface area contributed by atoms with Gasteiger partial charge >= 0.3 is 0 Å². The van der Waals surface area contributed by atoms with Crippen LogP contribution >= 0.6 is 0 Å². The minimum Gasteiger partial charge on any atom is -0.378 e. The fourth-order valence-corrected chi connectivity index (χ4v) is 4.91.